The van der Waals surface area contributed by atoms with Crippen LogP contribution in [0.4, 0.5) is 0 Å². The molecule has 112 valence electrons. The first-order chi connectivity index (χ1) is 10.1. The predicted octanol–water partition coefficient (Wildman–Crippen LogP) is 5.69. The van der Waals surface area contributed by atoms with Crippen molar-refractivity contribution in [3.05, 3.63) is 68.1 Å². The van der Waals surface area contributed by atoms with E-state index in [1.165, 1.54) is 5.56 Å². The number of likely N-dealkylation sites (N-methyl/N-ethyl adjacent to an activating group) is 1. The number of hydrogen-bond acceptors (Lipinski definition) is 1. The van der Waals surface area contributed by atoms with Crippen LogP contribution in [0, 0.1) is 0 Å². The lowest BCUT2D eigenvalue weighted by Crippen LogP contribution is -2.23. The molecule has 1 nitrogen and oxygen atoms in total. The molecule has 0 aliphatic carbocycles. The van der Waals surface area contributed by atoms with Crippen molar-refractivity contribution >= 4 is 39.1 Å². The van der Waals surface area contributed by atoms with Crippen molar-refractivity contribution in [3.8, 4) is 0 Å². The van der Waals surface area contributed by atoms with Crippen LogP contribution < -0.4 is 5.32 Å². The third-order valence-corrected chi connectivity index (χ3v) is 4.93. The third-order valence-electron chi connectivity index (χ3n) is 3.50. The molecule has 2 aromatic carbocycles. The Balaban J connectivity index is 2.31. The molecule has 1 atom stereocenters. The third kappa shape index (κ3) is 4.46. The van der Waals surface area contributed by atoms with Crippen LogP contribution in [-0.2, 0) is 6.42 Å². The molecule has 0 amide bonds. The zero-order chi connectivity index (χ0) is 15.2. The van der Waals surface area contributed by atoms with E-state index in [0.717, 1.165) is 39.6 Å². The summed E-state index contributed by atoms with van der Waals surface area (Å²) in [6.07, 6.45) is 0.814. The standard InChI is InChI=1S/C17H18BrCl2N/c1-2-21-11-12(13-6-3-4-7-15(13)18)10-14-16(19)8-5-9-17(14)20/h3-9,12,21H,2,10-11H2,1H3. The molecule has 0 radical (unpaired) electrons. The molecule has 0 aliphatic rings. The summed E-state index contributed by atoms with van der Waals surface area (Å²) in [5.41, 5.74) is 2.29. The van der Waals surface area contributed by atoms with Crippen LogP contribution in [0.5, 0.6) is 0 Å². The number of halogens is 3. The second-order valence-corrected chi connectivity index (χ2v) is 6.60. The molecule has 0 aromatic heterocycles. The van der Waals surface area contributed by atoms with E-state index in [-0.39, 0.29) is 0 Å². The molecule has 0 heterocycles. The second kappa shape index (κ2) is 8.19. The van der Waals surface area contributed by atoms with Gasteiger partial charge in [0.25, 0.3) is 0 Å². The van der Waals surface area contributed by atoms with Gasteiger partial charge < -0.3 is 5.32 Å². The van der Waals surface area contributed by atoms with Gasteiger partial charge in [0.05, 0.1) is 0 Å². The van der Waals surface area contributed by atoms with Crippen LogP contribution in [0.15, 0.2) is 46.9 Å². The van der Waals surface area contributed by atoms with Gasteiger partial charge in [-0.25, -0.2) is 0 Å². The van der Waals surface area contributed by atoms with Crippen LogP contribution >= 0.6 is 39.1 Å². The molecular weight excluding hydrogens is 369 g/mol. The Kier molecular flexibility index (Phi) is 6.56. The van der Waals surface area contributed by atoms with E-state index in [9.17, 15) is 0 Å². The summed E-state index contributed by atoms with van der Waals surface area (Å²) in [4.78, 5) is 0. The number of hydrogen-bond donors (Lipinski definition) is 1. The van der Waals surface area contributed by atoms with E-state index in [4.69, 9.17) is 23.2 Å². The zero-order valence-electron chi connectivity index (χ0n) is 11.9. The Morgan fingerprint density at radius 3 is 2.33 bits per heavy atom. The van der Waals surface area contributed by atoms with Gasteiger partial charge in [-0.3, -0.25) is 0 Å². The fourth-order valence-corrected chi connectivity index (χ4v) is 3.55. The summed E-state index contributed by atoms with van der Waals surface area (Å²) >= 11 is 16.3. The van der Waals surface area contributed by atoms with Gasteiger partial charge in [0.15, 0.2) is 0 Å². The minimum absolute atomic E-state index is 0.318. The molecule has 1 N–H and O–H groups in total. The van der Waals surface area contributed by atoms with Crippen LogP contribution in [-0.4, -0.2) is 13.1 Å². The van der Waals surface area contributed by atoms with Gasteiger partial charge in [-0.2, -0.15) is 0 Å². The summed E-state index contributed by atoms with van der Waals surface area (Å²) in [6.45, 7) is 3.94. The molecule has 0 aliphatic heterocycles. The SMILES string of the molecule is CCNCC(Cc1c(Cl)cccc1Cl)c1ccccc1Br. The molecule has 21 heavy (non-hydrogen) atoms. The Morgan fingerprint density at radius 2 is 1.71 bits per heavy atom. The Morgan fingerprint density at radius 1 is 1.05 bits per heavy atom. The lowest BCUT2D eigenvalue weighted by molar-refractivity contribution is 0.593. The topological polar surface area (TPSA) is 12.0 Å². The Hall–Kier alpha value is -0.540. The van der Waals surface area contributed by atoms with Gasteiger partial charge in [0.2, 0.25) is 0 Å². The van der Waals surface area contributed by atoms with Gasteiger partial charge in [-0.15, -0.1) is 0 Å². The molecule has 2 aromatic rings. The lowest BCUT2D eigenvalue weighted by atomic mass is 9.91. The first kappa shape index (κ1) is 16.8. The largest absolute Gasteiger partial charge is 0.316 e. The van der Waals surface area contributed by atoms with Gasteiger partial charge in [-0.05, 0) is 42.3 Å². The van der Waals surface area contributed by atoms with E-state index in [0.29, 0.717) is 5.92 Å². The zero-order valence-corrected chi connectivity index (χ0v) is 15.0. The average molecular weight is 387 g/mol. The van der Waals surface area contributed by atoms with Gasteiger partial charge in [-0.1, -0.05) is 70.3 Å². The monoisotopic (exact) mass is 385 g/mol. The first-order valence-electron chi connectivity index (χ1n) is 7.01. The van der Waals surface area contributed by atoms with Crippen molar-refractivity contribution in [2.24, 2.45) is 0 Å². The molecule has 0 spiro atoms. The average Bonchev–Trinajstić information content (AvgIpc) is 2.47. The summed E-state index contributed by atoms with van der Waals surface area (Å²) in [6, 6.07) is 14.0. The molecule has 0 bridgehead atoms. The van der Waals surface area contributed by atoms with E-state index in [1.54, 1.807) is 0 Å². The summed E-state index contributed by atoms with van der Waals surface area (Å²) in [5.74, 6) is 0.318. The lowest BCUT2D eigenvalue weighted by Gasteiger charge is -2.20. The summed E-state index contributed by atoms with van der Waals surface area (Å²) < 4.78 is 1.12. The van der Waals surface area contributed by atoms with Crippen LogP contribution in [0.1, 0.15) is 24.0 Å². The van der Waals surface area contributed by atoms with Gasteiger partial charge in [0, 0.05) is 27.0 Å². The molecule has 4 heteroatoms. The summed E-state index contributed by atoms with van der Waals surface area (Å²) in [5, 5.41) is 4.89. The van der Waals surface area contributed by atoms with Crippen LogP contribution in [0.2, 0.25) is 10.0 Å². The molecule has 2 rings (SSSR count). The fourth-order valence-electron chi connectivity index (χ4n) is 2.39. The van der Waals surface area contributed by atoms with Gasteiger partial charge >= 0.3 is 0 Å². The molecule has 1 unspecified atom stereocenters. The second-order valence-electron chi connectivity index (χ2n) is 4.93. The highest BCUT2D eigenvalue weighted by Crippen LogP contribution is 2.32. The number of benzene rings is 2. The number of nitrogens with one attached hydrogen (secondary N) is 1. The van der Waals surface area contributed by atoms with Crippen molar-refractivity contribution in [2.45, 2.75) is 19.3 Å². The quantitative estimate of drug-likeness (QED) is 0.672. The normalized spacial score (nSPS) is 12.4. The van der Waals surface area contributed by atoms with Crippen LogP contribution in [0.25, 0.3) is 0 Å². The van der Waals surface area contributed by atoms with Crippen molar-refractivity contribution in [2.75, 3.05) is 13.1 Å². The smallest absolute Gasteiger partial charge is 0.0453 e. The van der Waals surface area contributed by atoms with Crippen molar-refractivity contribution in [1.29, 1.82) is 0 Å². The summed E-state index contributed by atoms with van der Waals surface area (Å²) in [7, 11) is 0. The van der Waals surface area contributed by atoms with E-state index in [1.807, 2.05) is 24.3 Å². The van der Waals surface area contributed by atoms with Crippen LogP contribution in [0.3, 0.4) is 0 Å². The van der Waals surface area contributed by atoms with E-state index < -0.39 is 0 Å². The fraction of sp³-hybridized carbons (Fsp3) is 0.294. The maximum absolute atomic E-state index is 6.32. The molecule has 0 saturated heterocycles. The number of rotatable bonds is 6. The minimum Gasteiger partial charge on any atom is -0.316 e. The van der Waals surface area contributed by atoms with E-state index >= 15 is 0 Å². The van der Waals surface area contributed by atoms with E-state index in [2.05, 4.69) is 46.4 Å². The molecule has 0 saturated carbocycles. The predicted molar refractivity (Wildman–Crippen MR) is 95.6 cm³/mol. The highest BCUT2D eigenvalue weighted by atomic mass is 79.9. The van der Waals surface area contributed by atoms with Crippen molar-refractivity contribution in [1.82, 2.24) is 5.32 Å². The first-order valence-corrected chi connectivity index (χ1v) is 8.56. The highest BCUT2D eigenvalue weighted by Gasteiger charge is 2.17. The molecule has 0 fully saturated rings. The Bertz CT molecular complexity index is 581. The minimum atomic E-state index is 0.318. The Labute approximate surface area is 144 Å². The van der Waals surface area contributed by atoms with Crippen molar-refractivity contribution in [3.63, 3.8) is 0 Å². The maximum Gasteiger partial charge on any atom is 0.0453 e. The van der Waals surface area contributed by atoms with Gasteiger partial charge in [0.1, 0.15) is 0 Å². The molecular formula is C17H18BrCl2N. The highest BCUT2D eigenvalue weighted by molar-refractivity contribution is 9.10. The maximum atomic E-state index is 6.32. The van der Waals surface area contributed by atoms with Crippen molar-refractivity contribution < 1.29 is 0 Å².